The summed E-state index contributed by atoms with van der Waals surface area (Å²) >= 11 is 0. The number of rotatable bonds is 9. The number of hydrogen-bond acceptors (Lipinski definition) is 4. The van der Waals surface area contributed by atoms with Crippen LogP contribution in [0.25, 0.3) is 11.5 Å². The second-order valence-electron chi connectivity index (χ2n) is 6.14. The van der Waals surface area contributed by atoms with Crippen molar-refractivity contribution in [3.8, 4) is 17.2 Å². The largest absolute Gasteiger partial charge is 0.489 e. The average molecular weight is 348 g/mol. The number of nitrogens with one attached hydrogen (secondary N) is 1. The van der Waals surface area contributed by atoms with Gasteiger partial charge in [-0.3, -0.25) is 0 Å². The van der Waals surface area contributed by atoms with Crippen LogP contribution in [0.3, 0.4) is 0 Å². The number of hydrogen-bond donors (Lipinski definition) is 1. The average Bonchev–Trinajstić information content (AvgIpc) is 3.14. The van der Waals surface area contributed by atoms with Crippen molar-refractivity contribution in [3.63, 3.8) is 0 Å². The molecule has 2 aromatic carbocycles. The number of aromatic nitrogens is 1. The highest BCUT2D eigenvalue weighted by Gasteiger charge is 2.07. The van der Waals surface area contributed by atoms with Gasteiger partial charge in [0.05, 0.1) is 5.69 Å². The van der Waals surface area contributed by atoms with E-state index in [2.05, 4.69) is 42.0 Å². The molecule has 0 fully saturated rings. The van der Waals surface area contributed by atoms with E-state index in [4.69, 9.17) is 9.15 Å². The number of para-hydroxylation sites is 1. The molecular weight excluding hydrogens is 324 g/mol. The molecule has 0 aliphatic carbocycles. The van der Waals surface area contributed by atoms with E-state index >= 15 is 0 Å². The predicted molar refractivity (Wildman–Crippen MR) is 104 cm³/mol. The lowest BCUT2D eigenvalue weighted by Gasteiger charge is -2.10. The molecule has 0 spiro atoms. The van der Waals surface area contributed by atoms with Crippen molar-refractivity contribution in [2.45, 2.75) is 19.9 Å². The Labute approximate surface area is 154 Å². The molecule has 0 atom stereocenters. The lowest BCUT2D eigenvalue weighted by molar-refractivity contribution is 0.358. The van der Waals surface area contributed by atoms with Crippen LogP contribution in [0.4, 0.5) is 0 Å². The van der Waals surface area contributed by atoms with Gasteiger partial charge in [-0.1, -0.05) is 48.6 Å². The van der Waals surface area contributed by atoms with Gasteiger partial charge in [0.1, 0.15) is 18.6 Å². The van der Waals surface area contributed by atoms with Gasteiger partial charge in [-0.15, -0.1) is 0 Å². The Morgan fingerprint density at radius 3 is 2.77 bits per heavy atom. The van der Waals surface area contributed by atoms with Crippen molar-refractivity contribution >= 4 is 0 Å². The monoisotopic (exact) mass is 348 g/mol. The van der Waals surface area contributed by atoms with Crippen LogP contribution < -0.4 is 10.1 Å². The summed E-state index contributed by atoms with van der Waals surface area (Å²) < 4.78 is 11.3. The zero-order chi connectivity index (χ0) is 18.2. The van der Waals surface area contributed by atoms with Crippen LogP contribution in [0.2, 0.25) is 0 Å². The molecule has 26 heavy (non-hydrogen) atoms. The van der Waals surface area contributed by atoms with E-state index in [1.807, 2.05) is 30.3 Å². The molecule has 1 N–H and O–H groups in total. The molecule has 0 aliphatic rings. The van der Waals surface area contributed by atoms with Crippen LogP contribution in [0, 0.1) is 6.92 Å². The normalized spacial score (nSPS) is 10.7. The second-order valence-corrected chi connectivity index (χ2v) is 6.14. The van der Waals surface area contributed by atoms with Gasteiger partial charge in [0.25, 0.3) is 0 Å². The number of benzene rings is 2. The maximum absolute atomic E-state index is 5.68. The van der Waals surface area contributed by atoms with Gasteiger partial charge in [0, 0.05) is 30.6 Å². The van der Waals surface area contributed by atoms with E-state index < -0.39 is 0 Å². The molecule has 4 heteroatoms. The van der Waals surface area contributed by atoms with Crippen molar-refractivity contribution in [1.82, 2.24) is 10.3 Å². The molecule has 0 unspecified atom stereocenters. The molecule has 4 nitrogen and oxygen atoms in total. The van der Waals surface area contributed by atoms with Crippen molar-refractivity contribution in [2.24, 2.45) is 0 Å². The first-order valence-electron chi connectivity index (χ1n) is 8.80. The SMILES string of the molecule is C=CCOc1ccccc1CNCCc1coc(-c2ccc(C)cc2)n1. The molecule has 1 aromatic heterocycles. The summed E-state index contributed by atoms with van der Waals surface area (Å²) in [6.45, 7) is 7.83. The second kappa shape index (κ2) is 9.02. The third-order valence-electron chi connectivity index (χ3n) is 4.05. The van der Waals surface area contributed by atoms with Gasteiger partial charge in [0.15, 0.2) is 0 Å². The third-order valence-corrected chi connectivity index (χ3v) is 4.05. The number of ether oxygens (including phenoxy) is 1. The van der Waals surface area contributed by atoms with Gasteiger partial charge in [-0.05, 0) is 25.1 Å². The Morgan fingerprint density at radius 2 is 1.96 bits per heavy atom. The summed E-state index contributed by atoms with van der Waals surface area (Å²) in [5, 5.41) is 3.44. The maximum Gasteiger partial charge on any atom is 0.226 e. The Balaban J connectivity index is 1.50. The van der Waals surface area contributed by atoms with Gasteiger partial charge in [0.2, 0.25) is 5.89 Å². The lowest BCUT2D eigenvalue weighted by atomic mass is 10.1. The van der Waals surface area contributed by atoms with E-state index in [-0.39, 0.29) is 0 Å². The molecule has 0 radical (unpaired) electrons. The molecule has 134 valence electrons. The highest BCUT2D eigenvalue weighted by Crippen LogP contribution is 2.20. The smallest absolute Gasteiger partial charge is 0.226 e. The van der Waals surface area contributed by atoms with Crippen molar-refractivity contribution < 1.29 is 9.15 Å². The van der Waals surface area contributed by atoms with E-state index in [0.29, 0.717) is 12.5 Å². The summed E-state index contributed by atoms with van der Waals surface area (Å²) in [6.07, 6.45) is 4.30. The number of oxazole rings is 1. The molecule has 3 rings (SSSR count). The summed E-state index contributed by atoms with van der Waals surface area (Å²) in [7, 11) is 0. The van der Waals surface area contributed by atoms with Crippen LogP contribution >= 0.6 is 0 Å². The molecular formula is C22H24N2O2. The van der Waals surface area contributed by atoms with Crippen LogP contribution in [0.15, 0.2) is 71.9 Å². The van der Waals surface area contributed by atoms with Crippen LogP contribution in [0.1, 0.15) is 16.8 Å². The van der Waals surface area contributed by atoms with Crippen LogP contribution in [0.5, 0.6) is 5.75 Å². The Bertz CT molecular complexity index is 837. The Morgan fingerprint density at radius 1 is 1.15 bits per heavy atom. The molecule has 3 aromatic rings. The van der Waals surface area contributed by atoms with Crippen molar-refractivity contribution in [3.05, 3.63) is 84.3 Å². The Kier molecular flexibility index (Phi) is 6.23. The molecule has 0 saturated heterocycles. The van der Waals surface area contributed by atoms with Crippen molar-refractivity contribution in [1.29, 1.82) is 0 Å². The lowest BCUT2D eigenvalue weighted by Crippen LogP contribution is -2.17. The fourth-order valence-corrected chi connectivity index (χ4v) is 2.63. The molecule has 1 heterocycles. The van der Waals surface area contributed by atoms with E-state index in [1.54, 1.807) is 12.3 Å². The van der Waals surface area contributed by atoms with E-state index in [0.717, 1.165) is 42.1 Å². The zero-order valence-corrected chi connectivity index (χ0v) is 15.1. The summed E-state index contributed by atoms with van der Waals surface area (Å²) in [6, 6.07) is 16.2. The predicted octanol–water partition coefficient (Wildman–Crippen LogP) is 4.55. The Hall–Kier alpha value is -2.85. The topological polar surface area (TPSA) is 47.3 Å². The number of aryl methyl sites for hydroxylation is 1. The summed E-state index contributed by atoms with van der Waals surface area (Å²) in [5.74, 6) is 1.56. The standard InChI is InChI=1S/C22H24N2O2/c1-3-14-25-21-7-5-4-6-19(21)15-23-13-12-20-16-26-22(24-20)18-10-8-17(2)9-11-18/h3-11,16,23H,1,12-15H2,2H3. The van der Waals surface area contributed by atoms with Crippen LogP contribution in [-0.2, 0) is 13.0 Å². The highest BCUT2D eigenvalue weighted by molar-refractivity contribution is 5.53. The van der Waals surface area contributed by atoms with Crippen LogP contribution in [-0.4, -0.2) is 18.1 Å². The fourth-order valence-electron chi connectivity index (χ4n) is 2.63. The first-order valence-corrected chi connectivity index (χ1v) is 8.80. The quantitative estimate of drug-likeness (QED) is 0.455. The number of nitrogens with zero attached hydrogens (tertiary/aromatic N) is 1. The van der Waals surface area contributed by atoms with Gasteiger partial charge in [-0.2, -0.15) is 0 Å². The van der Waals surface area contributed by atoms with Gasteiger partial charge in [-0.25, -0.2) is 4.98 Å². The molecule has 0 bridgehead atoms. The summed E-state index contributed by atoms with van der Waals surface area (Å²) in [4.78, 5) is 4.57. The first kappa shape index (κ1) is 18.0. The third kappa shape index (κ3) is 4.83. The van der Waals surface area contributed by atoms with Crippen molar-refractivity contribution in [2.75, 3.05) is 13.2 Å². The van der Waals surface area contributed by atoms with E-state index in [1.165, 1.54) is 5.56 Å². The molecule has 0 amide bonds. The van der Waals surface area contributed by atoms with Gasteiger partial charge >= 0.3 is 0 Å². The first-order chi connectivity index (χ1) is 12.8. The van der Waals surface area contributed by atoms with E-state index in [9.17, 15) is 0 Å². The van der Waals surface area contributed by atoms with Gasteiger partial charge < -0.3 is 14.5 Å². The zero-order valence-electron chi connectivity index (χ0n) is 15.1. The fraction of sp³-hybridized carbons (Fsp3) is 0.227. The molecule has 0 aliphatic heterocycles. The summed E-state index contributed by atoms with van der Waals surface area (Å²) in [5.41, 5.74) is 4.31. The minimum atomic E-state index is 0.512. The minimum absolute atomic E-state index is 0.512. The molecule has 0 saturated carbocycles. The minimum Gasteiger partial charge on any atom is -0.489 e. The maximum atomic E-state index is 5.68. The highest BCUT2D eigenvalue weighted by atomic mass is 16.5.